The molecule has 7 nitrogen and oxygen atoms in total. The zero-order chi connectivity index (χ0) is 19.5. The van der Waals surface area contributed by atoms with Gasteiger partial charge < -0.3 is 9.64 Å². The van der Waals surface area contributed by atoms with Gasteiger partial charge in [-0.3, -0.25) is 19.9 Å². The fourth-order valence-electron chi connectivity index (χ4n) is 5.74. The first kappa shape index (κ1) is 20.1. The van der Waals surface area contributed by atoms with E-state index < -0.39 is 0 Å². The van der Waals surface area contributed by atoms with Gasteiger partial charge in [-0.25, -0.2) is 5.43 Å². The van der Waals surface area contributed by atoms with Crippen LogP contribution in [-0.4, -0.2) is 73.6 Å². The first-order chi connectivity index (χ1) is 13.6. The van der Waals surface area contributed by atoms with Crippen LogP contribution in [0.25, 0.3) is 0 Å². The summed E-state index contributed by atoms with van der Waals surface area (Å²) in [4.78, 5) is 29.9. The van der Waals surface area contributed by atoms with E-state index in [1.807, 2.05) is 0 Å². The molecule has 4 unspecified atom stereocenters. The monoisotopic (exact) mass is 392 g/mol. The van der Waals surface area contributed by atoms with E-state index in [9.17, 15) is 9.59 Å². The van der Waals surface area contributed by atoms with E-state index in [2.05, 4.69) is 27.6 Å². The highest BCUT2D eigenvalue weighted by Crippen LogP contribution is 2.32. The van der Waals surface area contributed by atoms with Crippen molar-refractivity contribution >= 4 is 11.8 Å². The molecule has 0 spiro atoms. The third-order valence-corrected chi connectivity index (χ3v) is 7.58. The topological polar surface area (TPSA) is 73.9 Å². The molecule has 2 amide bonds. The summed E-state index contributed by atoms with van der Waals surface area (Å²) in [7, 11) is 0. The summed E-state index contributed by atoms with van der Waals surface area (Å²) in [5.41, 5.74) is 5.88. The van der Waals surface area contributed by atoms with Crippen molar-refractivity contribution in [3.63, 3.8) is 0 Å². The molecule has 4 aliphatic rings. The molecule has 0 aromatic carbocycles. The van der Waals surface area contributed by atoms with Crippen LogP contribution in [0.5, 0.6) is 0 Å². The van der Waals surface area contributed by atoms with Gasteiger partial charge in [-0.05, 0) is 37.0 Å². The van der Waals surface area contributed by atoms with Gasteiger partial charge in [0.05, 0.1) is 12.5 Å². The average molecular weight is 393 g/mol. The predicted molar refractivity (Wildman–Crippen MR) is 106 cm³/mol. The standard InChI is InChI=1S/C21H36N4O3/c1-15-4-2-3-5-17(15)13-25-9-8-24(14-19(25)26)18-12-22-23-21(27)20(18)16-6-10-28-11-7-16/h15-18,20,22H,2-14H2,1H3,(H,23,27). The lowest BCUT2D eigenvalue weighted by Gasteiger charge is -2.46. The minimum Gasteiger partial charge on any atom is -0.381 e. The quantitative estimate of drug-likeness (QED) is 0.747. The lowest BCUT2D eigenvalue weighted by molar-refractivity contribution is -0.145. The van der Waals surface area contributed by atoms with Crippen molar-refractivity contribution in [3.8, 4) is 0 Å². The third kappa shape index (κ3) is 4.36. The molecule has 4 rings (SSSR count). The van der Waals surface area contributed by atoms with Crippen LogP contribution in [-0.2, 0) is 14.3 Å². The molecule has 4 fully saturated rings. The average Bonchev–Trinajstić information content (AvgIpc) is 2.71. The number of carbonyl (C=O) groups excluding carboxylic acids is 2. The number of hydrogen-bond donors (Lipinski definition) is 2. The molecule has 0 aromatic heterocycles. The Morgan fingerprint density at radius 2 is 1.86 bits per heavy atom. The maximum Gasteiger partial charge on any atom is 0.239 e. The van der Waals surface area contributed by atoms with Gasteiger partial charge >= 0.3 is 0 Å². The molecule has 158 valence electrons. The number of rotatable bonds is 4. The Bertz CT molecular complexity index is 566. The number of carbonyl (C=O) groups is 2. The lowest BCUT2D eigenvalue weighted by atomic mass is 9.78. The largest absolute Gasteiger partial charge is 0.381 e. The summed E-state index contributed by atoms with van der Waals surface area (Å²) >= 11 is 0. The van der Waals surface area contributed by atoms with E-state index >= 15 is 0 Å². The second-order valence-electron chi connectivity index (χ2n) is 9.25. The van der Waals surface area contributed by atoms with Crippen LogP contribution < -0.4 is 10.9 Å². The molecule has 0 radical (unpaired) electrons. The molecule has 2 N–H and O–H groups in total. The van der Waals surface area contributed by atoms with Crippen molar-refractivity contribution in [3.05, 3.63) is 0 Å². The Labute approximate surface area is 168 Å². The molecular formula is C21H36N4O3. The van der Waals surface area contributed by atoms with E-state index in [4.69, 9.17) is 4.74 Å². The van der Waals surface area contributed by atoms with Crippen molar-refractivity contribution in [1.82, 2.24) is 20.7 Å². The molecule has 3 aliphatic heterocycles. The summed E-state index contributed by atoms with van der Waals surface area (Å²) in [6.45, 7) is 7.55. The van der Waals surface area contributed by atoms with Gasteiger partial charge in [0.1, 0.15) is 0 Å². The van der Waals surface area contributed by atoms with Gasteiger partial charge in [0.15, 0.2) is 0 Å². The fraction of sp³-hybridized carbons (Fsp3) is 0.905. The van der Waals surface area contributed by atoms with Crippen LogP contribution in [0.15, 0.2) is 0 Å². The zero-order valence-corrected chi connectivity index (χ0v) is 17.2. The van der Waals surface area contributed by atoms with E-state index in [1.165, 1.54) is 25.7 Å². The van der Waals surface area contributed by atoms with E-state index in [0.29, 0.717) is 24.9 Å². The van der Waals surface area contributed by atoms with Crippen LogP contribution in [0.3, 0.4) is 0 Å². The SMILES string of the molecule is CC1CCCCC1CN1CCN(C2CNNC(=O)C2C2CCOCC2)CC1=O. The van der Waals surface area contributed by atoms with Crippen molar-refractivity contribution in [2.75, 3.05) is 45.9 Å². The first-order valence-corrected chi connectivity index (χ1v) is 11.3. The van der Waals surface area contributed by atoms with Gasteiger partial charge in [-0.1, -0.05) is 26.2 Å². The molecule has 28 heavy (non-hydrogen) atoms. The number of nitrogens with one attached hydrogen (secondary N) is 2. The number of hydrazine groups is 1. The van der Waals surface area contributed by atoms with Gasteiger partial charge in [0.2, 0.25) is 11.8 Å². The third-order valence-electron chi connectivity index (χ3n) is 7.58. The Hall–Kier alpha value is -1.18. The maximum atomic E-state index is 12.9. The van der Waals surface area contributed by atoms with E-state index in [0.717, 1.165) is 51.6 Å². The lowest BCUT2D eigenvalue weighted by Crippen LogP contribution is -2.66. The predicted octanol–water partition coefficient (Wildman–Crippen LogP) is 1.00. The van der Waals surface area contributed by atoms with Gasteiger partial charge in [0.25, 0.3) is 0 Å². The Kier molecular flexibility index (Phi) is 6.53. The number of ether oxygens (including phenoxy) is 1. The van der Waals surface area contributed by atoms with Crippen LogP contribution >= 0.6 is 0 Å². The van der Waals surface area contributed by atoms with Gasteiger partial charge in [-0.2, -0.15) is 0 Å². The van der Waals surface area contributed by atoms with Crippen molar-refractivity contribution < 1.29 is 14.3 Å². The normalized spacial score (nSPS) is 36.4. The Balaban J connectivity index is 1.38. The Morgan fingerprint density at radius 1 is 1.07 bits per heavy atom. The smallest absolute Gasteiger partial charge is 0.239 e. The van der Waals surface area contributed by atoms with Crippen molar-refractivity contribution in [2.45, 2.75) is 51.5 Å². The summed E-state index contributed by atoms with van der Waals surface area (Å²) < 4.78 is 5.50. The van der Waals surface area contributed by atoms with Gasteiger partial charge in [-0.15, -0.1) is 0 Å². The molecule has 7 heteroatoms. The number of nitrogens with zero attached hydrogens (tertiary/aromatic N) is 2. The fourth-order valence-corrected chi connectivity index (χ4v) is 5.74. The van der Waals surface area contributed by atoms with Crippen molar-refractivity contribution in [2.24, 2.45) is 23.7 Å². The molecule has 0 aromatic rings. The second-order valence-corrected chi connectivity index (χ2v) is 9.25. The summed E-state index contributed by atoms with van der Waals surface area (Å²) in [5.74, 6) is 1.99. The second kappa shape index (κ2) is 9.09. The molecule has 3 saturated heterocycles. The summed E-state index contributed by atoms with van der Waals surface area (Å²) in [5, 5.41) is 0. The summed E-state index contributed by atoms with van der Waals surface area (Å²) in [6.07, 6.45) is 7.06. The molecule has 3 heterocycles. The maximum absolute atomic E-state index is 12.9. The van der Waals surface area contributed by atoms with E-state index in [-0.39, 0.29) is 23.8 Å². The zero-order valence-electron chi connectivity index (χ0n) is 17.2. The number of piperazine rings is 1. The summed E-state index contributed by atoms with van der Waals surface area (Å²) in [6, 6.07) is 0.0940. The minimum atomic E-state index is -0.0529. The Morgan fingerprint density at radius 3 is 2.61 bits per heavy atom. The van der Waals surface area contributed by atoms with E-state index in [1.54, 1.807) is 0 Å². The molecule has 1 saturated carbocycles. The first-order valence-electron chi connectivity index (χ1n) is 11.3. The molecule has 1 aliphatic carbocycles. The van der Waals surface area contributed by atoms with Crippen LogP contribution in [0, 0.1) is 23.7 Å². The van der Waals surface area contributed by atoms with Crippen molar-refractivity contribution in [1.29, 1.82) is 0 Å². The highest BCUT2D eigenvalue weighted by atomic mass is 16.5. The highest BCUT2D eigenvalue weighted by molar-refractivity contribution is 5.81. The molecule has 4 atom stereocenters. The minimum absolute atomic E-state index is 0.0529. The number of hydrogen-bond acceptors (Lipinski definition) is 5. The van der Waals surface area contributed by atoms with Crippen LogP contribution in [0.1, 0.15) is 45.4 Å². The van der Waals surface area contributed by atoms with Gasteiger partial charge in [0, 0.05) is 45.4 Å². The highest BCUT2D eigenvalue weighted by Gasteiger charge is 2.43. The molecule has 0 bridgehead atoms. The molecular weight excluding hydrogens is 356 g/mol. The number of amides is 2. The van der Waals surface area contributed by atoms with Crippen LogP contribution in [0.4, 0.5) is 0 Å². The van der Waals surface area contributed by atoms with Crippen LogP contribution in [0.2, 0.25) is 0 Å².